The van der Waals surface area contributed by atoms with Gasteiger partial charge in [0.25, 0.3) is 0 Å². The van der Waals surface area contributed by atoms with Crippen molar-refractivity contribution in [2.75, 3.05) is 0 Å². The molecule has 78 valence electrons. The van der Waals surface area contributed by atoms with Gasteiger partial charge < -0.3 is 4.79 Å². The zero-order chi connectivity index (χ0) is 11.1. The summed E-state index contributed by atoms with van der Waals surface area (Å²) in [4.78, 5) is 10.7. The van der Waals surface area contributed by atoms with Crippen LogP contribution in [0.25, 0.3) is 0 Å². The molecule has 0 heterocycles. The second-order valence-electron chi connectivity index (χ2n) is 2.53. The molecule has 0 radical (unpaired) electrons. The maximum atomic E-state index is 10.7. The van der Waals surface area contributed by atoms with Gasteiger partial charge in [-0.15, -0.1) is 0 Å². The molecule has 0 fully saturated rings. The predicted molar refractivity (Wildman–Crippen MR) is 61.5 cm³/mol. The highest BCUT2D eigenvalue weighted by molar-refractivity contribution is 6.62. The normalized spacial score (nSPS) is 26.9. The van der Waals surface area contributed by atoms with E-state index in [0.29, 0.717) is 6.29 Å². The van der Waals surface area contributed by atoms with Gasteiger partial charge in [0.15, 0.2) is 4.33 Å². The predicted octanol–water partition coefficient (Wildman–Crippen LogP) is 4.37. The topological polar surface area (TPSA) is 17.1 Å². The largest absolute Gasteiger partial charge is 0.303 e. The smallest absolute Gasteiger partial charge is 0.169 e. The van der Waals surface area contributed by atoms with Crippen molar-refractivity contribution < 1.29 is 4.79 Å². The summed E-state index contributed by atoms with van der Waals surface area (Å²) < 4.78 is -1.66. The van der Waals surface area contributed by atoms with Crippen LogP contribution < -0.4 is 0 Å². The quantitative estimate of drug-likeness (QED) is 0.519. The van der Waals surface area contributed by atoms with Gasteiger partial charge >= 0.3 is 0 Å². The van der Waals surface area contributed by atoms with Gasteiger partial charge in [-0.05, 0) is 0 Å². The molecule has 0 bridgehead atoms. The molecule has 1 rings (SSSR count). The molecule has 0 aromatic rings. The summed E-state index contributed by atoms with van der Waals surface area (Å²) in [6.07, 6.45) is 0.469. The van der Waals surface area contributed by atoms with E-state index in [9.17, 15) is 4.79 Å². The fraction of sp³-hybridized carbons (Fsp3) is 0.286. The molecular formula is C7H2Cl6O. The number of aldehydes is 1. The lowest BCUT2D eigenvalue weighted by Crippen LogP contribution is -2.31. The lowest BCUT2D eigenvalue weighted by atomic mass is 10.0. The summed E-state index contributed by atoms with van der Waals surface area (Å²) in [5.41, 5.74) is 0. The second-order valence-corrected chi connectivity index (χ2v) is 5.45. The Hall–Kier alpha value is 0.890. The molecule has 0 aromatic heterocycles. The second kappa shape index (κ2) is 4.40. The van der Waals surface area contributed by atoms with Crippen molar-refractivity contribution in [1.29, 1.82) is 0 Å². The highest BCUT2D eigenvalue weighted by Gasteiger charge is 2.46. The zero-order valence-electron chi connectivity index (χ0n) is 6.33. The molecule has 0 amide bonds. The first-order valence-electron chi connectivity index (χ1n) is 3.28. The van der Waals surface area contributed by atoms with E-state index in [-0.39, 0.29) is 20.1 Å². The number of rotatable bonds is 1. The minimum absolute atomic E-state index is 0.00708. The highest BCUT2D eigenvalue weighted by atomic mass is 35.5. The zero-order valence-corrected chi connectivity index (χ0v) is 10.9. The molecule has 14 heavy (non-hydrogen) atoms. The van der Waals surface area contributed by atoms with E-state index in [0.717, 1.165) is 0 Å². The molecule has 1 aliphatic carbocycles. The van der Waals surface area contributed by atoms with Crippen LogP contribution in [0, 0.1) is 5.92 Å². The van der Waals surface area contributed by atoms with Gasteiger partial charge in [0.05, 0.1) is 26.0 Å². The number of hydrogen-bond acceptors (Lipinski definition) is 1. The van der Waals surface area contributed by atoms with Crippen LogP contribution in [-0.2, 0) is 4.79 Å². The van der Waals surface area contributed by atoms with Crippen LogP contribution in [0.3, 0.4) is 0 Å². The van der Waals surface area contributed by atoms with E-state index in [2.05, 4.69) is 0 Å². The average molecular weight is 315 g/mol. The third-order valence-corrected chi connectivity index (χ3v) is 4.70. The van der Waals surface area contributed by atoms with Gasteiger partial charge in [-0.1, -0.05) is 69.6 Å². The van der Waals surface area contributed by atoms with Crippen molar-refractivity contribution in [3.05, 3.63) is 20.1 Å². The molecule has 0 spiro atoms. The molecule has 0 aromatic carbocycles. The average Bonchev–Trinajstić information content (AvgIpc) is 2.13. The van der Waals surface area contributed by atoms with E-state index in [4.69, 9.17) is 69.6 Å². The molecule has 7 heteroatoms. The van der Waals surface area contributed by atoms with E-state index in [1.165, 1.54) is 0 Å². The van der Waals surface area contributed by atoms with Crippen molar-refractivity contribution >= 4 is 75.9 Å². The van der Waals surface area contributed by atoms with E-state index >= 15 is 0 Å². The maximum absolute atomic E-state index is 10.7. The Bertz CT molecular complexity index is 342. The standard InChI is InChI=1S/C7H2Cl6O/c8-3-2(1-14)7(12,13)6(11)5(10)4(3)9/h1-2H. The first-order chi connectivity index (χ1) is 6.34. The highest BCUT2D eigenvalue weighted by Crippen LogP contribution is 2.52. The summed E-state index contributed by atoms with van der Waals surface area (Å²) in [6.45, 7) is 0. The summed E-state index contributed by atoms with van der Waals surface area (Å²) in [6, 6.07) is 0. The minimum Gasteiger partial charge on any atom is -0.303 e. The number of halogens is 6. The Morgan fingerprint density at radius 1 is 1.07 bits per heavy atom. The number of allylic oxidation sites excluding steroid dienone is 4. The molecule has 1 aliphatic rings. The van der Waals surface area contributed by atoms with Crippen LogP contribution in [0.4, 0.5) is 0 Å². The van der Waals surface area contributed by atoms with E-state index in [1.807, 2.05) is 0 Å². The molecule has 0 N–H and O–H groups in total. The number of carbonyl (C=O) groups is 1. The SMILES string of the molecule is O=CC1C(Cl)=C(Cl)C(Cl)=C(Cl)C1(Cl)Cl. The van der Waals surface area contributed by atoms with E-state index < -0.39 is 10.3 Å². The van der Waals surface area contributed by atoms with Gasteiger partial charge in [-0.25, -0.2) is 0 Å². The molecular weight excluding hydrogens is 313 g/mol. The van der Waals surface area contributed by atoms with Crippen molar-refractivity contribution in [2.45, 2.75) is 4.33 Å². The molecule has 0 aliphatic heterocycles. The maximum Gasteiger partial charge on any atom is 0.169 e. The van der Waals surface area contributed by atoms with Crippen molar-refractivity contribution in [1.82, 2.24) is 0 Å². The molecule has 0 saturated carbocycles. The number of hydrogen-bond donors (Lipinski definition) is 0. The Labute approximate surface area is 111 Å². The monoisotopic (exact) mass is 312 g/mol. The Balaban J connectivity index is 3.39. The van der Waals surface area contributed by atoms with Crippen LogP contribution >= 0.6 is 69.6 Å². The van der Waals surface area contributed by atoms with Gasteiger partial charge in [0, 0.05) is 0 Å². The molecule has 1 nitrogen and oxygen atoms in total. The lowest BCUT2D eigenvalue weighted by Gasteiger charge is -2.30. The van der Waals surface area contributed by atoms with E-state index in [1.54, 1.807) is 0 Å². The third-order valence-electron chi connectivity index (χ3n) is 1.69. The summed E-state index contributed by atoms with van der Waals surface area (Å²) in [7, 11) is 0. The molecule has 1 atom stereocenters. The first-order valence-corrected chi connectivity index (χ1v) is 5.55. The number of carbonyl (C=O) groups excluding carboxylic acids is 1. The fourth-order valence-corrected chi connectivity index (χ4v) is 2.72. The Morgan fingerprint density at radius 3 is 2.00 bits per heavy atom. The van der Waals surface area contributed by atoms with Crippen LogP contribution in [0.2, 0.25) is 0 Å². The molecule has 1 unspecified atom stereocenters. The minimum atomic E-state index is -1.66. The van der Waals surface area contributed by atoms with Gasteiger partial charge in [-0.2, -0.15) is 0 Å². The third kappa shape index (κ3) is 1.91. The van der Waals surface area contributed by atoms with Crippen molar-refractivity contribution in [3.63, 3.8) is 0 Å². The van der Waals surface area contributed by atoms with Crippen LogP contribution in [0.5, 0.6) is 0 Å². The Morgan fingerprint density at radius 2 is 1.57 bits per heavy atom. The van der Waals surface area contributed by atoms with Crippen LogP contribution in [-0.4, -0.2) is 10.6 Å². The summed E-state index contributed by atoms with van der Waals surface area (Å²) in [5.74, 6) is -1.00. The summed E-state index contributed by atoms with van der Waals surface area (Å²) in [5, 5.41) is -0.163. The van der Waals surface area contributed by atoms with Crippen LogP contribution in [0.15, 0.2) is 20.1 Å². The Kier molecular flexibility index (Phi) is 4.08. The lowest BCUT2D eigenvalue weighted by molar-refractivity contribution is -0.110. The first kappa shape index (κ1) is 13.0. The summed E-state index contributed by atoms with van der Waals surface area (Å²) >= 11 is 34.6. The van der Waals surface area contributed by atoms with Crippen molar-refractivity contribution in [3.8, 4) is 0 Å². The van der Waals surface area contributed by atoms with Gasteiger partial charge in [0.1, 0.15) is 6.29 Å². The van der Waals surface area contributed by atoms with Crippen LogP contribution in [0.1, 0.15) is 0 Å². The fourth-order valence-electron chi connectivity index (χ4n) is 0.925. The molecule has 0 saturated heterocycles. The van der Waals surface area contributed by atoms with Crippen molar-refractivity contribution in [2.24, 2.45) is 5.92 Å². The van der Waals surface area contributed by atoms with Gasteiger partial charge in [-0.3, -0.25) is 0 Å². The van der Waals surface area contributed by atoms with Gasteiger partial charge in [0.2, 0.25) is 0 Å². The number of alkyl halides is 2.